The number of nitrogens with zero attached hydrogens (tertiary/aromatic N) is 3. The van der Waals surface area contributed by atoms with E-state index in [1.54, 1.807) is 4.90 Å². The summed E-state index contributed by atoms with van der Waals surface area (Å²) < 4.78 is 45.3. The average Bonchev–Trinajstić information content (AvgIpc) is 3.09. The van der Waals surface area contributed by atoms with Crippen LogP contribution in [0.1, 0.15) is 62.9 Å². The van der Waals surface area contributed by atoms with Gasteiger partial charge in [-0.1, -0.05) is 11.3 Å². The molecule has 6 rings (SSSR count). The Hall–Kier alpha value is -1.38. The number of aromatic nitrogens is 2. The van der Waals surface area contributed by atoms with Gasteiger partial charge in [0.1, 0.15) is 21.0 Å². The van der Waals surface area contributed by atoms with Crippen molar-refractivity contribution < 1.29 is 22.7 Å². The molecule has 0 spiro atoms. The van der Waals surface area contributed by atoms with Gasteiger partial charge < -0.3 is 9.64 Å². The van der Waals surface area contributed by atoms with E-state index in [1.165, 1.54) is 11.3 Å². The third kappa shape index (κ3) is 2.47. The molecule has 2 heterocycles. The zero-order chi connectivity index (χ0) is 20.2. The van der Waals surface area contributed by atoms with Gasteiger partial charge in [-0.15, -0.1) is 10.2 Å². The predicted octanol–water partition coefficient (Wildman–Crippen LogP) is 4.42. The molecule has 0 N–H and O–H groups in total. The first kappa shape index (κ1) is 18.6. The molecule has 0 radical (unpaired) electrons. The number of rotatable bonds is 3. The molecular weight excluding hydrogens is 391 g/mol. The van der Waals surface area contributed by atoms with Gasteiger partial charge in [0.05, 0.1) is 0 Å². The Labute approximate surface area is 165 Å². The fourth-order valence-corrected chi connectivity index (χ4v) is 6.54. The highest BCUT2D eigenvalue weighted by atomic mass is 32.1. The van der Waals surface area contributed by atoms with Gasteiger partial charge in [-0.3, -0.25) is 0 Å². The first-order valence-electron chi connectivity index (χ1n) is 9.77. The van der Waals surface area contributed by atoms with Crippen LogP contribution in [0.5, 0.6) is 0 Å². The van der Waals surface area contributed by atoms with Crippen molar-refractivity contribution in [3.63, 3.8) is 0 Å². The quantitative estimate of drug-likeness (QED) is 0.733. The highest BCUT2D eigenvalue weighted by Crippen LogP contribution is 2.77. The molecule has 2 bridgehead atoms. The molecular formula is C19H24F3N3O2S. The van der Waals surface area contributed by atoms with E-state index in [-0.39, 0.29) is 34.8 Å². The largest absolute Gasteiger partial charge is 0.444 e. The van der Waals surface area contributed by atoms with Crippen LogP contribution in [-0.2, 0) is 15.6 Å². The number of carbonyl (C=O) groups is 1. The van der Waals surface area contributed by atoms with E-state index >= 15 is 0 Å². The number of hydrogen-bond donors (Lipinski definition) is 0. The normalized spacial score (nSPS) is 33.6. The molecule has 1 amide bonds. The topological polar surface area (TPSA) is 55.3 Å². The van der Waals surface area contributed by atoms with Gasteiger partial charge in [0.2, 0.25) is 0 Å². The van der Waals surface area contributed by atoms with E-state index in [9.17, 15) is 18.0 Å². The van der Waals surface area contributed by atoms with Crippen LogP contribution in [0.25, 0.3) is 0 Å². The number of ether oxygens (including phenoxy) is 1. The third-order valence-electron chi connectivity index (χ3n) is 7.05. The smallest absolute Gasteiger partial charge is 0.410 e. The number of carbonyl (C=O) groups excluding carboxylic acids is 1. The van der Waals surface area contributed by atoms with Crippen molar-refractivity contribution in [2.24, 2.45) is 11.3 Å². The monoisotopic (exact) mass is 415 g/mol. The van der Waals surface area contributed by atoms with Gasteiger partial charge in [-0.2, -0.15) is 13.2 Å². The lowest BCUT2D eigenvalue weighted by Crippen LogP contribution is -2.73. The van der Waals surface area contributed by atoms with Gasteiger partial charge in [-0.05, 0) is 58.3 Å². The summed E-state index contributed by atoms with van der Waals surface area (Å²) in [4.78, 5) is 13.8. The Bertz CT molecular complexity index is 814. The van der Waals surface area contributed by atoms with Gasteiger partial charge >= 0.3 is 12.3 Å². The lowest BCUT2D eigenvalue weighted by Gasteiger charge is -2.74. The molecule has 5 aliphatic rings. The Morgan fingerprint density at radius 1 is 1.11 bits per heavy atom. The molecule has 154 valence electrons. The minimum atomic E-state index is -4.23. The van der Waals surface area contributed by atoms with Crippen LogP contribution in [0.3, 0.4) is 0 Å². The summed E-state index contributed by atoms with van der Waals surface area (Å²) in [7, 11) is 0. The summed E-state index contributed by atoms with van der Waals surface area (Å²) in [6, 6.07) is 0. The SMILES string of the molecule is CC(C)(C)OC(=O)N1CC(C23CC(c4nnc(C5(C(F)(F)F)CC5)s4)(C2)C3)C1. The number of halogens is 3. The molecule has 0 aromatic carbocycles. The molecule has 1 aromatic rings. The molecule has 1 aliphatic heterocycles. The highest BCUT2D eigenvalue weighted by Gasteiger charge is 2.74. The predicted molar refractivity (Wildman–Crippen MR) is 96.1 cm³/mol. The molecule has 9 heteroatoms. The second-order valence-electron chi connectivity index (χ2n) is 10.2. The summed E-state index contributed by atoms with van der Waals surface area (Å²) in [6.07, 6.45) is -1.36. The van der Waals surface area contributed by atoms with Gasteiger partial charge in [-0.25, -0.2) is 4.79 Å². The van der Waals surface area contributed by atoms with Crippen LogP contribution < -0.4 is 0 Å². The zero-order valence-corrected chi connectivity index (χ0v) is 17.0. The minimum Gasteiger partial charge on any atom is -0.444 e. The van der Waals surface area contributed by atoms with Gasteiger partial charge in [0.25, 0.3) is 0 Å². The Morgan fingerprint density at radius 2 is 1.68 bits per heavy atom. The van der Waals surface area contributed by atoms with Crippen molar-refractivity contribution in [1.82, 2.24) is 15.1 Å². The Kier molecular flexibility index (Phi) is 3.46. The van der Waals surface area contributed by atoms with Gasteiger partial charge in [0, 0.05) is 24.4 Å². The minimum absolute atomic E-state index is 0.0655. The number of likely N-dealkylation sites (tertiary alicyclic amines) is 1. The lowest BCUT2D eigenvalue weighted by molar-refractivity contribution is -0.209. The first-order valence-corrected chi connectivity index (χ1v) is 10.6. The zero-order valence-electron chi connectivity index (χ0n) is 16.2. The summed E-state index contributed by atoms with van der Waals surface area (Å²) in [5, 5.41) is 9.04. The van der Waals surface area contributed by atoms with Crippen LogP contribution in [0.15, 0.2) is 0 Å². The molecule has 4 saturated carbocycles. The molecule has 5 fully saturated rings. The van der Waals surface area contributed by atoms with E-state index in [1.807, 2.05) is 20.8 Å². The van der Waals surface area contributed by atoms with E-state index in [0.717, 1.165) is 24.3 Å². The summed E-state index contributed by atoms with van der Waals surface area (Å²) in [6.45, 7) is 6.99. The molecule has 1 aromatic heterocycles. The van der Waals surface area contributed by atoms with Crippen LogP contribution in [0.2, 0.25) is 0 Å². The molecule has 4 aliphatic carbocycles. The van der Waals surface area contributed by atoms with Crippen molar-refractivity contribution in [1.29, 1.82) is 0 Å². The van der Waals surface area contributed by atoms with Gasteiger partial charge in [0.15, 0.2) is 0 Å². The molecule has 1 saturated heterocycles. The van der Waals surface area contributed by atoms with E-state index in [0.29, 0.717) is 19.0 Å². The number of hydrogen-bond acceptors (Lipinski definition) is 5. The molecule has 5 nitrogen and oxygen atoms in total. The first-order chi connectivity index (χ1) is 12.9. The maximum Gasteiger partial charge on any atom is 0.410 e. The van der Waals surface area contributed by atoms with Crippen LogP contribution in [-0.4, -0.2) is 46.1 Å². The molecule has 28 heavy (non-hydrogen) atoms. The fraction of sp³-hybridized carbons (Fsp3) is 0.842. The standard InChI is InChI=1S/C19H24F3N3O2S/c1-15(2,3)27-14(26)25-6-11(7-25)16-8-17(9-16,10-16)12-23-24-13(28-12)18(4-5-18)19(20,21)22/h11H,4-10H2,1-3H3. The summed E-state index contributed by atoms with van der Waals surface area (Å²) in [5.41, 5.74) is -2.06. The van der Waals surface area contributed by atoms with E-state index in [4.69, 9.17) is 4.74 Å². The second kappa shape index (κ2) is 5.21. The number of alkyl halides is 3. The van der Waals surface area contributed by atoms with Crippen molar-refractivity contribution >= 4 is 17.4 Å². The van der Waals surface area contributed by atoms with Crippen molar-refractivity contribution in [2.75, 3.05) is 13.1 Å². The highest BCUT2D eigenvalue weighted by molar-refractivity contribution is 7.11. The Morgan fingerprint density at radius 3 is 2.18 bits per heavy atom. The van der Waals surface area contributed by atoms with Crippen LogP contribution in [0.4, 0.5) is 18.0 Å². The number of amides is 1. The maximum absolute atomic E-state index is 13.3. The second-order valence-corrected chi connectivity index (χ2v) is 11.2. The van der Waals surface area contributed by atoms with Crippen LogP contribution in [0, 0.1) is 11.3 Å². The summed E-state index contributed by atoms with van der Waals surface area (Å²) in [5.74, 6) is 0.458. The lowest BCUT2D eigenvalue weighted by atomic mass is 9.31. The third-order valence-corrected chi connectivity index (χ3v) is 8.43. The van der Waals surface area contributed by atoms with E-state index in [2.05, 4.69) is 10.2 Å². The van der Waals surface area contributed by atoms with Crippen LogP contribution >= 0.6 is 11.3 Å². The van der Waals surface area contributed by atoms with Crippen molar-refractivity contribution in [2.45, 2.75) is 75.5 Å². The summed E-state index contributed by atoms with van der Waals surface area (Å²) >= 11 is 1.17. The maximum atomic E-state index is 13.3. The fourth-order valence-electron chi connectivity index (χ4n) is 5.24. The Balaban J connectivity index is 1.19. The molecule has 0 atom stereocenters. The average molecular weight is 415 g/mol. The van der Waals surface area contributed by atoms with Crippen molar-refractivity contribution in [3.05, 3.63) is 10.0 Å². The van der Waals surface area contributed by atoms with E-state index < -0.39 is 17.2 Å². The van der Waals surface area contributed by atoms with Crippen molar-refractivity contribution in [3.8, 4) is 0 Å². The molecule has 0 unspecified atom stereocenters.